The Bertz CT molecular complexity index is 684. The standard InChI is InChI=1S/C19H20O3/c1-5-14-12-17(21-4)10-11-18(14)15-6-8-16(9-7-15)22-19(20)13(2)3/h6-12H,2,5H2,1,3-4H3. The van der Waals surface area contributed by atoms with Crippen LogP contribution in [0.25, 0.3) is 11.1 Å². The van der Waals surface area contributed by atoms with E-state index in [0.29, 0.717) is 11.3 Å². The van der Waals surface area contributed by atoms with Crippen molar-refractivity contribution in [3.05, 3.63) is 60.2 Å². The number of rotatable bonds is 5. The zero-order chi connectivity index (χ0) is 16.1. The highest BCUT2D eigenvalue weighted by Gasteiger charge is 2.08. The van der Waals surface area contributed by atoms with Crippen molar-refractivity contribution in [2.45, 2.75) is 20.3 Å². The van der Waals surface area contributed by atoms with Gasteiger partial charge in [0.25, 0.3) is 0 Å². The summed E-state index contributed by atoms with van der Waals surface area (Å²) in [7, 11) is 1.67. The molecule has 2 aromatic carbocycles. The van der Waals surface area contributed by atoms with E-state index in [2.05, 4.69) is 13.5 Å². The highest BCUT2D eigenvalue weighted by atomic mass is 16.5. The molecule has 0 radical (unpaired) electrons. The molecule has 0 aliphatic rings. The van der Waals surface area contributed by atoms with Crippen molar-refractivity contribution in [3.8, 4) is 22.6 Å². The first-order valence-electron chi connectivity index (χ1n) is 7.20. The summed E-state index contributed by atoms with van der Waals surface area (Å²) in [6.07, 6.45) is 0.916. The molecule has 0 saturated carbocycles. The largest absolute Gasteiger partial charge is 0.497 e. The fraction of sp³-hybridized carbons (Fsp3) is 0.211. The zero-order valence-corrected chi connectivity index (χ0v) is 13.2. The Labute approximate surface area is 131 Å². The maximum atomic E-state index is 11.5. The monoisotopic (exact) mass is 296 g/mol. The smallest absolute Gasteiger partial charge is 0.338 e. The number of benzene rings is 2. The molecule has 0 spiro atoms. The molecule has 0 aliphatic carbocycles. The van der Waals surface area contributed by atoms with Gasteiger partial charge in [-0.1, -0.05) is 31.7 Å². The van der Waals surface area contributed by atoms with Crippen LogP contribution >= 0.6 is 0 Å². The summed E-state index contributed by atoms with van der Waals surface area (Å²) in [5.74, 6) is 0.961. The van der Waals surface area contributed by atoms with Gasteiger partial charge in [0, 0.05) is 5.57 Å². The van der Waals surface area contributed by atoms with Gasteiger partial charge in [-0.15, -0.1) is 0 Å². The van der Waals surface area contributed by atoms with E-state index in [1.165, 1.54) is 5.56 Å². The molecule has 22 heavy (non-hydrogen) atoms. The summed E-state index contributed by atoms with van der Waals surface area (Å²) in [5, 5.41) is 0. The average Bonchev–Trinajstić information content (AvgIpc) is 2.54. The van der Waals surface area contributed by atoms with Crippen LogP contribution in [0.5, 0.6) is 11.5 Å². The van der Waals surface area contributed by atoms with Gasteiger partial charge in [0.15, 0.2) is 0 Å². The third kappa shape index (κ3) is 3.55. The van der Waals surface area contributed by atoms with Gasteiger partial charge in [-0.2, -0.15) is 0 Å². The predicted octanol–water partition coefficient (Wildman–Crippen LogP) is 4.41. The molecule has 0 atom stereocenters. The number of carbonyl (C=O) groups is 1. The molecule has 3 heteroatoms. The minimum Gasteiger partial charge on any atom is -0.497 e. The van der Waals surface area contributed by atoms with Crippen molar-refractivity contribution in [2.75, 3.05) is 7.11 Å². The topological polar surface area (TPSA) is 35.5 Å². The first-order chi connectivity index (χ1) is 10.5. The summed E-state index contributed by atoms with van der Waals surface area (Å²) in [5.41, 5.74) is 3.83. The van der Waals surface area contributed by atoms with E-state index in [1.54, 1.807) is 26.2 Å². The molecule has 3 nitrogen and oxygen atoms in total. The highest BCUT2D eigenvalue weighted by Crippen LogP contribution is 2.29. The lowest BCUT2D eigenvalue weighted by atomic mass is 9.98. The fourth-order valence-corrected chi connectivity index (χ4v) is 2.17. The van der Waals surface area contributed by atoms with Gasteiger partial charge in [-0.25, -0.2) is 4.79 Å². The van der Waals surface area contributed by atoms with Crippen molar-refractivity contribution in [2.24, 2.45) is 0 Å². The summed E-state index contributed by atoms with van der Waals surface area (Å²) in [6, 6.07) is 13.5. The Balaban J connectivity index is 2.27. The minimum atomic E-state index is -0.411. The number of methoxy groups -OCH3 is 1. The average molecular weight is 296 g/mol. The lowest BCUT2D eigenvalue weighted by Crippen LogP contribution is -2.07. The van der Waals surface area contributed by atoms with Gasteiger partial charge in [0.05, 0.1) is 7.11 Å². The van der Waals surface area contributed by atoms with Crippen LogP contribution in [0.2, 0.25) is 0 Å². The van der Waals surface area contributed by atoms with E-state index in [9.17, 15) is 4.79 Å². The summed E-state index contributed by atoms with van der Waals surface area (Å²) in [6.45, 7) is 7.31. The van der Waals surface area contributed by atoms with Crippen molar-refractivity contribution in [1.29, 1.82) is 0 Å². The van der Waals surface area contributed by atoms with Crippen molar-refractivity contribution in [3.63, 3.8) is 0 Å². The molecule has 114 valence electrons. The Morgan fingerprint density at radius 2 is 1.73 bits per heavy atom. The Hall–Kier alpha value is -2.55. The van der Waals surface area contributed by atoms with Crippen LogP contribution < -0.4 is 9.47 Å². The van der Waals surface area contributed by atoms with Crippen molar-refractivity contribution in [1.82, 2.24) is 0 Å². The summed E-state index contributed by atoms with van der Waals surface area (Å²) >= 11 is 0. The molecule has 0 fully saturated rings. The number of ether oxygens (including phenoxy) is 2. The lowest BCUT2D eigenvalue weighted by molar-refractivity contribution is -0.130. The van der Waals surface area contributed by atoms with Gasteiger partial charge < -0.3 is 9.47 Å². The van der Waals surface area contributed by atoms with Crippen molar-refractivity contribution < 1.29 is 14.3 Å². The molecule has 2 aromatic rings. The summed E-state index contributed by atoms with van der Waals surface area (Å²) in [4.78, 5) is 11.5. The number of esters is 1. The van der Waals surface area contributed by atoms with Crippen LogP contribution in [0.1, 0.15) is 19.4 Å². The second-order valence-corrected chi connectivity index (χ2v) is 5.07. The number of hydrogen-bond acceptors (Lipinski definition) is 3. The zero-order valence-electron chi connectivity index (χ0n) is 13.2. The molecule has 0 aromatic heterocycles. The van der Waals surface area contributed by atoms with E-state index in [-0.39, 0.29) is 0 Å². The SMILES string of the molecule is C=C(C)C(=O)Oc1ccc(-c2ccc(OC)cc2CC)cc1. The molecule has 0 amide bonds. The van der Waals surface area contributed by atoms with Crippen LogP contribution in [0, 0.1) is 0 Å². The van der Waals surface area contributed by atoms with Crippen LogP contribution in [0.4, 0.5) is 0 Å². The second-order valence-electron chi connectivity index (χ2n) is 5.07. The van der Waals surface area contributed by atoms with Gasteiger partial charge in [0.2, 0.25) is 0 Å². The molecule has 0 N–H and O–H groups in total. The first kappa shape index (κ1) is 15.8. The maximum Gasteiger partial charge on any atom is 0.338 e. The van der Waals surface area contributed by atoms with E-state index in [1.807, 2.05) is 30.3 Å². The Morgan fingerprint density at radius 3 is 2.27 bits per heavy atom. The molecule has 0 bridgehead atoms. The molecular formula is C19H20O3. The molecule has 0 saturated heterocycles. The normalized spacial score (nSPS) is 10.1. The van der Waals surface area contributed by atoms with Gasteiger partial charge in [0.1, 0.15) is 11.5 Å². The summed E-state index contributed by atoms with van der Waals surface area (Å²) < 4.78 is 10.5. The minimum absolute atomic E-state index is 0.382. The molecule has 0 aliphatic heterocycles. The first-order valence-corrected chi connectivity index (χ1v) is 7.20. The van der Waals surface area contributed by atoms with Gasteiger partial charge in [-0.3, -0.25) is 0 Å². The van der Waals surface area contributed by atoms with E-state index < -0.39 is 5.97 Å². The van der Waals surface area contributed by atoms with E-state index in [4.69, 9.17) is 9.47 Å². The fourth-order valence-electron chi connectivity index (χ4n) is 2.17. The molecule has 2 rings (SSSR count). The maximum absolute atomic E-state index is 11.5. The lowest BCUT2D eigenvalue weighted by Gasteiger charge is -2.11. The van der Waals surface area contributed by atoms with Crippen LogP contribution in [-0.2, 0) is 11.2 Å². The van der Waals surface area contributed by atoms with E-state index in [0.717, 1.165) is 23.3 Å². The Morgan fingerprint density at radius 1 is 1.09 bits per heavy atom. The number of carbonyl (C=O) groups excluding carboxylic acids is 1. The number of hydrogen-bond donors (Lipinski definition) is 0. The molecule has 0 heterocycles. The Kier molecular flexibility index (Phi) is 4.99. The van der Waals surface area contributed by atoms with E-state index >= 15 is 0 Å². The van der Waals surface area contributed by atoms with Crippen LogP contribution in [0.3, 0.4) is 0 Å². The second kappa shape index (κ2) is 6.94. The van der Waals surface area contributed by atoms with Crippen LogP contribution in [-0.4, -0.2) is 13.1 Å². The molecular weight excluding hydrogens is 276 g/mol. The third-order valence-corrected chi connectivity index (χ3v) is 3.42. The highest BCUT2D eigenvalue weighted by molar-refractivity contribution is 5.88. The molecule has 0 unspecified atom stereocenters. The van der Waals surface area contributed by atoms with Gasteiger partial charge in [-0.05, 0) is 54.3 Å². The predicted molar refractivity (Wildman–Crippen MR) is 88.3 cm³/mol. The number of aryl methyl sites for hydroxylation is 1. The third-order valence-electron chi connectivity index (χ3n) is 3.42. The van der Waals surface area contributed by atoms with Gasteiger partial charge >= 0.3 is 5.97 Å². The van der Waals surface area contributed by atoms with Crippen LogP contribution in [0.15, 0.2) is 54.6 Å². The van der Waals surface area contributed by atoms with Crippen molar-refractivity contribution >= 4 is 5.97 Å². The quantitative estimate of drug-likeness (QED) is 0.466.